The Morgan fingerprint density at radius 3 is 2.54 bits per heavy atom. The summed E-state index contributed by atoms with van der Waals surface area (Å²) >= 11 is 6.20. The Bertz CT molecular complexity index is 1390. The van der Waals surface area contributed by atoms with E-state index in [4.69, 9.17) is 20.9 Å². The highest BCUT2D eigenvalue weighted by molar-refractivity contribution is 6.32. The van der Waals surface area contributed by atoms with Crippen molar-refractivity contribution in [1.29, 1.82) is 0 Å². The van der Waals surface area contributed by atoms with E-state index < -0.39 is 28.8 Å². The smallest absolute Gasteiger partial charge is 0.417 e. The number of rotatable bonds is 5. The topological polar surface area (TPSA) is 50.9 Å². The molecule has 5 nitrogen and oxygen atoms in total. The minimum Gasteiger partial charge on any atom is -0.461 e. The van der Waals surface area contributed by atoms with Crippen molar-refractivity contribution in [1.82, 2.24) is 9.88 Å². The zero-order chi connectivity index (χ0) is 24.6. The summed E-state index contributed by atoms with van der Waals surface area (Å²) in [5.41, 5.74) is 0.603. The molecule has 0 N–H and O–H groups in total. The summed E-state index contributed by atoms with van der Waals surface area (Å²) in [6.07, 6.45) is -1.21. The third kappa shape index (κ3) is 4.35. The van der Waals surface area contributed by atoms with Crippen molar-refractivity contribution < 1.29 is 26.8 Å². The average Bonchev–Trinajstić information content (AvgIpc) is 3.50. The molecule has 1 aliphatic rings. The molecular weight excluding hydrogens is 486 g/mol. The molecule has 1 atom stereocenters. The lowest BCUT2D eigenvalue weighted by Crippen LogP contribution is -2.31. The van der Waals surface area contributed by atoms with Crippen molar-refractivity contribution in [2.24, 2.45) is 5.16 Å². The normalized spacial score (nSPS) is 15.7. The van der Waals surface area contributed by atoms with Crippen LogP contribution in [0.2, 0.25) is 5.02 Å². The molecule has 0 saturated heterocycles. The van der Waals surface area contributed by atoms with Crippen LogP contribution in [0.3, 0.4) is 0 Å². The lowest BCUT2D eigenvalue weighted by Gasteiger charge is -2.27. The SMILES string of the molecule is Fc1ccccc1-c1ccncc1CN1C(c2ccco2)=NOC1c1cccc(C(F)(F)F)c1Cl. The van der Waals surface area contributed by atoms with Gasteiger partial charge >= 0.3 is 6.18 Å². The van der Waals surface area contributed by atoms with Gasteiger partial charge in [-0.3, -0.25) is 4.98 Å². The Morgan fingerprint density at radius 1 is 0.971 bits per heavy atom. The van der Waals surface area contributed by atoms with Gasteiger partial charge < -0.3 is 14.2 Å². The van der Waals surface area contributed by atoms with E-state index in [1.807, 2.05) is 0 Å². The van der Waals surface area contributed by atoms with Crippen LogP contribution in [-0.4, -0.2) is 15.7 Å². The number of furan rings is 1. The highest BCUT2D eigenvalue weighted by Gasteiger charge is 2.39. The van der Waals surface area contributed by atoms with Crippen LogP contribution in [0.15, 0.2) is 88.9 Å². The van der Waals surface area contributed by atoms with Gasteiger partial charge in [0.2, 0.25) is 12.1 Å². The van der Waals surface area contributed by atoms with E-state index in [1.54, 1.807) is 47.5 Å². The summed E-state index contributed by atoms with van der Waals surface area (Å²) in [5.74, 6) is 0.166. The molecule has 0 fully saturated rings. The first-order chi connectivity index (χ1) is 16.8. The molecule has 0 radical (unpaired) electrons. The van der Waals surface area contributed by atoms with E-state index in [-0.39, 0.29) is 17.9 Å². The van der Waals surface area contributed by atoms with Gasteiger partial charge in [-0.05, 0) is 41.5 Å². The number of hydrogen-bond acceptors (Lipinski definition) is 5. The van der Waals surface area contributed by atoms with Crippen molar-refractivity contribution in [3.05, 3.63) is 113 Å². The van der Waals surface area contributed by atoms with Crippen LogP contribution < -0.4 is 0 Å². The van der Waals surface area contributed by atoms with Crippen LogP contribution in [0.25, 0.3) is 11.1 Å². The number of nitrogens with zero attached hydrogens (tertiary/aromatic N) is 3. The van der Waals surface area contributed by atoms with Gasteiger partial charge in [0.1, 0.15) is 5.82 Å². The van der Waals surface area contributed by atoms with E-state index in [0.717, 1.165) is 6.07 Å². The molecule has 0 aliphatic carbocycles. The van der Waals surface area contributed by atoms with Crippen molar-refractivity contribution in [3.63, 3.8) is 0 Å². The van der Waals surface area contributed by atoms with Crippen LogP contribution in [-0.2, 0) is 17.6 Å². The summed E-state index contributed by atoms with van der Waals surface area (Å²) in [5, 5.41) is 3.59. The molecule has 178 valence electrons. The van der Waals surface area contributed by atoms with Crippen molar-refractivity contribution in [3.8, 4) is 11.1 Å². The van der Waals surface area contributed by atoms with Crippen molar-refractivity contribution >= 4 is 17.4 Å². The molecule has 3 heterocycles. The Labute approximate surface area is 202 Å². The van der Waals surface area contributed by atoms with E-state index >= 15 is 0 Å². The third-order valence-electron chi connectivity index (χ3n) is 5.54. The molecule has 35 heavy (non-hydrogen) atoms. The molecule has 2 aromatic carbocycles. The van der Waals surface area contributed by atoms with Gasteiger partial charge in [0.25, 0.3) is 0 Å². The average molecular weight is 502 g/mol. The van der Waals surface area contributed by atoms with E-state index in [1.165, 1.54) is 30.7 Å². The number of hydrogen-bond donors (Lipinski definition) is 0. The standard InChI is InChI=1S/C25H16ClF4N3O2/c26-22-18(6-3-7-19(22)25(28,29)30)24-33(23(32-35-24)21-9-4-12-34-21)14-15-13-31-11-10-16(15)17-5-1-2-8-20(17)27/h1-13,24H,14H2. The van der Waals surface area contributed by atoms with Gasteiger partial charge in [0.05, 0.1) is 23.4 Å². The summed E-state index contributed by atoms with van der Waals surface area (Å²) in [6.45, 7) is 0.0638. The number of pyridine rings is 1. The minimum absolute atomic E-state index is 0.0638. The predicted octanol–water partition coefficient (Wildman–Crippen LogP) is 7.05. The molecule has 4 aromatic rings. The van der Waals surface area contributed by atoms with Gasteiger partial charge in [-0.25, -0.2) is 4.39 Å². The Balaban J connectivity index is 1.59. The lowest BCUT2D eigenvalue weighted by atomic mass is 10.00. The second-order valence-corrected chi connectivity index (χ2v) is 8.08. The monoisotopic (exact) mass is 501 g/mol. The van der Waals surface area contributed by atoms with E-state index in [0.29, 0.717) is 22.5 Å². The van der Waals surface area contributed by atoms with Crippen molar-refractivity contribution in [2.45, 2.75) is 18.9 Å². The third-order valence-corrected chi connectivity index (χ3v) is 5.97. The molecule has 1 unspecified atom stereocenters. The largest absolute Gasteiger partial charge is 0.461 e. The highest BCUT2D eigenvalue weighted by Crippen LogP contribution is 2.42. The molecule has 1 aliphatic heterocycles. The molecule has 5 rings (SSSR count). The zero-order valence-corrected chi connectivity index (χ0v) is 18.6. The second-order valence-electron chi connectivity index (χ2n) is 7.70. The molecule has 0 saturated carbocycles. The quantitative estimate of drug-likeness (QED) is 0.275. The number of aromatic nitrogens is 1. The van der Waals surface area contributed by atoms with E-state index in [9.17, 15) is 17.6 Å². The summed E-state index contributed by atoms with van der Waals surface area (Å²) < 4.78 is 60.6. The van der Waals surface area contributed by atoms with Gasteiger partial charge in [-0.15, -0.1) is 0 Å². The molecule has 10 heteroatoms. The fraction of sp³-hybridized carbons (Fsp3) is 0.120. The maximum Gasteiger partial charge on any atom is 0.417 e. The molecular formula is C25H16ClF4N3O2. The van der Waals surface area contributed by atoms with Gasteiger partial charge in [0, 0.05) is 23.5 Å². The maximum atomic E-state index is 14.6. The van der Waals surface area contributed by atoms with Crippen LogP contribution in [0.4, 0.5) is 17.6 Å². The van der Waals surface area contributed by atoms with Crippen LogP contribution >= 0.6 is 11.6 Å². The van der Waals surface area contributed by atoms with Crippen LogP contribution in [0, 0.1) is 5.82 Å². The molecule has 0 amide bonds. The first-order valence-electron chi connectivity index (χ1n) is 10.4. The van der Waals surface area contributed by atoms with Crippen LogP contribution in [0.1, 0.15) is 28.7 Å². The number of halogens is 5. The molecule has 0 spiro atoms. The van der Waals surface area contributed by atoms with Crippen molar-refractivity contribution in [2.75, 3.05) is 0 Å². The zero-order valence-electron chi connectivity index (χ0n) is 17.8. The van der Waals surface area contributed by atoms with Gasteiger partial charge in [0.15, 0.2) is 5.76 Å². The second kappa shape index (κ2) is 9.07. The maximum absolute atomic E-state index is 14.6. The Hall–Kier alpha value is -3.85. The van der Waals surface area contributed by atoms with Crippen LogP contribution in [0.5, 0.6) is 0 Å². The summed E-state index contributed by atoms with van der Waals surface area (Å²) in [7, 11) is 0. The summed E-state index contributed by atoms with van der Waals surface area (Å²) in [6, 6.07) is 14.8. The summed E-state index contributed by atoms with van der Waals surface area (Å²) in [4.78, 5) is 11.3. The minimum atomic E-state index is -4.65. The number of amidine groups is 1. The Kier molecular flexibility index (Phi) is 5.94. The fourth-order valence-electron chi connectivity index (χ4n) is 3.93. The van der Waals surface area contributed by atoms with Gasteiger partial charge in [-0.2, -0.15) is 13.2 Å². The number of benzene rings is 2. The molecule has 0 bridgehead atoms. The predicted molar refractivity (Wildman–Crippen MR) is 121 cm³/mol. The van der Waals surface area contributed by atoms with Gasteiger partial charge in [-0.1, -0.05) is 47.1 Å². The Morgan fingerprint density at radius 2 is 1.80 bits per heavy atom. The molecule has 2 aromatic heterocycles. The number of alkyl halides is 3. The lowest BCUT2D eigenvalue weighted by molar-refractivity contribution is -0.137. The highest BCUT2D eigenvalue weighted by atomic mass is 35.5. The number of oxime groups is 1. The first kappa shape index (κ1) is 22.9. The van der Waals surface area contributed by atoms with E-state index in [2.05, 4.69) is 10.1 Å². The fourth-order valence-corrected chi connectivity index (χ4v) is 4.26. The first-order valence-corrected chi connectivity index (χ1v) is 10.8.